The zero-order valence-corrected chi connectivity index (χ0v) is 16.3. The lowest BCUT2D eigenvalue weighted by Crippen LogP contribution is -2.23. The highest BCUT2D eigenvalue weighted by molar-refractivity contribution is 6.32. The van der Waals surface area contributed by atoms with Gasteiger partial charge in [0.25, 0.3) is 5.91 Å². The molecule has 0 saturated heterocycles. The number of rotatable bonds is 6. The summed E-state index contributed by atoms with van der Waals surface area (Å²) in [4.78, 5) is 12.2. The maximum absolute atomic E-state index is 13.5. The largest absolute Gasteiger partial charge is 0.418 e. The SMILES string of the molecule is COCC(C)Nc1ccc(N/C=C2/C(=O)Nc3cccc(C)c32)cc1C(F)(F)F. The van der Waals surface area contributed by atoms with Gasteiger partial charge in [-0.15, -0.1) is 0 Å². The van der Waals surface area contributed by atoms with Gasteiger partial charge in [-0.2, -0.15) is 13.2 Å². The van der Waals surface area contributed by atoms with E-state index < -0.39 is 11.7 Å². The predicted octanol–water partition coefficient (Wildman–Crippen LogP) is 4.87. The summed E-state index contributed by atoms with van der Waals surface area (Å²) in [6.07, 6.45) is -3.10. The summed E-state index contributed by atoms with van der Waals surface area (Å²) in [5, 5.41) is 8.40. The van der Waals surface area contributed by atoms with Crippen molar-refractivity contribution in [3.8, 4) is 0 Å². The Morgan fingerprint density at radius 2 is 2.00 bits per heavy atom. The van der Waals surface area contributed by atoms with Crippen molar-refractivity contribution in [3.05, 3.63) is 59.3 Å². The van der Waals surface area contributed by atoms with E-state index in [2.05, 4.69) is 16.0 Å². The summed E-state index contributed by atoms with van der Waals surface area (Å²) in [5.74, 6) is -0.301. The van der Waals surface area contributed by atoms with Crippen LogP contribution in [0.3, 0.4) is 0 Å². The van der Waals surface area contributed by atoms with Crippen LogP contribution in [-0.4, -0.2) is 25.7 Å². The van der Waals surface area contributed by atoms with Crippen LogP contribution in [0, 0.1) is 6.92 Å². The Bertz CT molecular complexity index is 955. The minimum atomic E-state index is -4.53. The van der Waals surface area contributed by atoms with Crippen LogP contribution in [0.15, 0.2) is 42.6 Å². The topological polar surface area (TPSA) is 62.4 Å². The van der Waals surface area contributed by atoms with E-state index in [9.17, 15) is 18.0 Å². The van der Waals surface area contributed by atoms with E-state index in [0.717, 1.165) is 17.2 Å². The first-order chi connectivity index (χ1) is 13.7. The van der Waals surface area contributed by atoms with Crippen LogP contribution in [0.25, 0.3) is 5.57 Å². The summed E-state index contributed by atoms with van der Waals surface area (Å²) in [6.45, 7) is 3.88. The first kappa shape index (κ1) is 20.7. The second kappa shape index (κ2) is 8.16. The van der Waals surface area contributed by atoms with Crippen molar-refractivity contribution in [2.75, 3.05) is 29.7 Å². The average Bonchev–Trinajstić information content (AvgIpc) is 2.96. The molecule has 1 aliphatic heterocycles. The standard InChI is InChI=1S/C21H22F3N3O2/c1-12-5-4-6-18-19(12)15(20(28)27-18)10-25-14-7-8-17(26-13(2)11-29-3)16(9-14)21(22,23)24/h4-10,13,25-26H,11H2,1-3H3,(H,27,28)/b15-10+. The van der Waals surface area contributed by atoms with Crippen molar-refractivity contribution in [2.45, 2.75) is 26.1 Å². The number of fused-ring (bicyclic) bond motifs is 1. The molecule has 29 heavy (non-hydrogen) atoms. The minimum Gasteiger partial charge on any atom is -0.383 e. The molecule has 2 aromatic rings. The van der Waals surface area contributed by atoms with Gasteiger partial charge in [-0.25, -0.2) is 0 Å². The van der Waals surface area contributed by atoms with Gasteiger partial charge in [0.1, 0.15) is 0 Å². The van der Waals surface area contributed by atoms with E-state index in [1.54, 1.807) is 13.0 Å². The highest BCUT2D eigenvalue weighted by Gasteiger charge is 2.34. The smallest absolute Gasteiger partial charge is 0.383 e. The molecule has 0 radical (unpaired) electrons. The summed E-state index contributed by atoms with van der Waals surface area (Å²) in [6, 6.07) is 9.11. The molecular formula is C21H22F3N3O2. The molecule has 0 aliphatic carbocycles. The molecule has 0 bridgehead atoms. The second-order valence-corrected chi connectivity index (χ2v) is 6.91. The molecule has 1 aliphatic rings. The third-order valence-corrected chi connectivity index (χ3v) is 4.56. The molecule has 5 nitrogen and oxygen atoms in total. The molecule has 0 saturated carbocycles. The van der Waals surface area contributed by atoms with Gasteiger partial charge < -0.3 is 20.7 Å². The Labute approximate surface area is 166 Å². The number of hydrogen-bond acceptors (Lipinski definition) is 4. The van der Waals surface area contributed by atoms with Gasteiger partial charge >= 0.3 is 6.18 Å². The Balaban J connectivity index is 1.89. The normalized spacial score (nSPS) is 15.8. The number of nitrogens with one attached hydrogen (secondary N) is 3. The molecule has 1 heterocycles. The number of carbonyl (C=O) groups excluding carboxylic acids is 1. The summed E-state index contributed by atoms with van der Waals surface area (Å²) >= 11 is 0. The molecular weight excluding hydrogens is 383 g/mol. The van der Waals surface area contributed by atoms with Crippen LogP contribution in [-0.2, 0) is 15.7 Å². The molecule has 8 heteroatoms. The fraction of sp³-hybridized carbons (Fsp3) is 0.286. The highest BCUT2D eigenvalue weighted by Crippen LogP contribution is 2.38. The predicted molar refractivity (Wildman–Crippen MR) is 108 cm³/mol. The zero-order chi connectivity index (χ0) is 21.2. The molecule has 1 atom stereocenters. The van der Waals surface area contributed by atoms with Gasteiger partial charge in [-0.3, -0.25) is 4.79 Å². The number of methoxy groups -OCH3 is 1. The molecule has 1 unspecified atom stereocenters. The fourth-order valence-corrected chi connectivity index (χ4v) is 3.28. The van der Waals surface area contributed by atoms with Crippen LogP contribution in [0.5, 0.6) is 0 Å². The van der Waals surface area contributed by atoms with E-state index >= 15 is 0 Å². The van der Waals surface area contributed by atoms with Crippen LogP contribution >= 0.6 is 0 Å². The first-order valence-corrected chi connectivity index (χ1v) is 9.05. The van der Waals surface area contributed by atoms with Gasteiger partial charge in [0, 0.05) is 42.0 Å². The lowest BCUT2D eigenvalue weighted by atomic mass is 10.0. The van der Waals surface area contributed by atoms with Crippen molar-refractivity contribution in [1.29, 1.82) is 0 Å². The number of aryl methyl sites for hydroxylation is 1. The summed E-state index contributed by atoms with van der Waals surface area (Å²) in [7, 11) is 1.49. The Hall–Kier alpha value is -3.00. The number of anilines is 3. The Morgan fingerprint density at radius 3 is 2.69 bits per heavy atom. The molecule has 0 fully saturated rings. The number of halogens is 3. The molecule has 1 amide bonds. The van der Waals surface area contributed by atoms with Crippen LogP contribution < -0.4 is 16.0 Å². The average molecular weight is 405 g/mol. The molecule has 0 aromatic heterocycles. The maximum Gasteiger partial charge on any atom is 0.418 e. The Kier molecular flexibility index (Phi) is 5.83. The van der Waals surface area contributed by atoms with Crippen LogP contribution in [0.2, 0.25) is 0 Å². The van der Waals surface area contributed by atoms with E-state index in [1.165, 1.54) is 25.4 Å². The molecule has 0 spiro atoms. The van der Waals surface area contributed by atoms with Gasteiger partial charge in [-0.05, 0) is 43.7 Å². The number of alkyl halides is 3. The molecule has 2 aromatic carbocycles. The number of ether oxygens (including phenoxy) is 1. The van der Waals surface area contributed by atoms with Gasteiger partial charge in [0.05, 0.1) is 17.7 Å². The van der Waals surface area contributed by atoms with Crippen molar-refractivity contribution in [3.63, 3.8) is 0 Å². The monoisotopic (exact) mass is 405 g/mol. The summed E-state index contributed by atoms with van der Waals surface area (Å²) < 4.78 is 45.6. The van der Waals surface area contributed by atoms with Gasteiger partial charge in [0.2, 0.25) is 0 Å². The second-order valence-electron chi connectivity index (χ2n) is 6.91. The van der Waals surface area contributed by atoms with Crippen molar-refractivity contribution < 1.29 is 22.7 Å². The van der Waals surface area contributed by atoms with Crippen molar-refractivity contribution in [1.82, 2.24) is 0 Å². The number of benzene rings is 2. The van der Waals surface area contributed by atoms with Crippen LogP contribution in [0.4, 0.5) is 30.2 Å². The third-order valence-electron chi connectivity index (χ3n) is 4.56. The number of amides is 1. The van der Waals surface area contributed by atoms with Gasteiger partial charge in [-0.1, -0.05) is 12.1 Å². The quantitative estimate of drug-likeness (QED) is 0.601. The van der Waals surface area contributed by atoms with E-state index in [-0.39, 0.29) is 29.9 Å². The minimum absolute atomic E-state index is 0.0277. The third kappa shape index (κ3) is 4.54. The first-order valence-electron chi connectivity index (χ1n) is 9.05. The molecule has 3 rings (SSSR count). The van der Waals surface area contributed by atoms with Crippen molar-refractivity contribution in [2.24, 2.45) is 0 Å². The maximum atomic E-state index is 13.5. The Morgan fingerprint density at radius 1 is 1.24 bits per heavy atom. The van der Waals surface area contributed by atoms with E-state index in [4.69, 9.17) is 4.74 Å². The van der Waals surface area contributed by atoms with E-state index in [1.807, 2.05) is 19.1 Å². The number of hydrogen-bond donors (Lipinski definition) is 3. The van der Waals surface area contributed by atoms with Crippen molar-refractivity contribution >= 4 is 28.5 Å². The lowest BCUT2D eigenvalue weighted by molar-refractivity contribution is -0.137. The molecule has 3 N–H and O–H groups in total. The molecule has 154 valence electrons. The lowest BCUT2D eigenvalue weighted by Gasteiger charge is -2.20. The summed E-state index contributed by atoms with van der Waals surface area (Å²) in [5.41, 5.74) is 2.11. The van der Waals surface area contributed by atoms with Gasteiger partial charge in [0.15, 0.2) is 0 Å². The number of carbonyl (C=O) groups is 1. The highest BCUT2D eigenvalue weighted by atomic mass is 19.4. The van der Waals surface area contributed by atoms with Crippen LogP contribution in [0.1, 0.15) is 23.6 Å². The fourth-order valence-electron chi connectivity index (χ4n) is 3.28. The zero-order valence-electron chi connectivity index (χ0n) is 16.3. The van der Waals surface area contributed by atoms with E-state index in [0.29, 0.717) is 11.3 Å².